The Labute approximate surface area is 99.9 Å². The quantitative estimate of drug-likeness (QED) is 0.795. The van der Waals surface area contributed by atoms with E-state index in [1.54, 1.807) is 0 Å². The van der Waals surface area contributed by atoms with Crippen LogP contribution in [0.1, 0.15) is 33.6 Å². The van der Waals surface area contributed by atoms with Crippen molar-refractivity contribution in [2.75, 3.05) is 0 Å². The lowest BCUT2D eigenvalue weighted by Gasteiger charge is -2.36. The molecule has 14 heavy (non-hydrogen) atoms. The van der Waals surface area contributed by atoms with Crippen LogP contribution in [0.5, 0.6) is 0 Å². The van der Waals surface area contributed by atoms with E-state index in [9.17, 15) is 5.11 Å². The van der Waals surface area contributed by atoms with Crippen molar-refractivity contribution in [3.8, 4) is 0 Å². The molecule has 0 saturated carbocycles. The number of ether oxygens (including phenoxy) is 1. The molecule has 1 aliphatic rings. The Morgan fingerprint density at radius 3 is 2.79 bits per heavy atom. The Bertz CT molecular complexity index is 211. The summed E-state index contributed by atoms with van der Waals surface area (Å²) in [5, 5.41) is 9.60. The molecule has 1 aliphatic heterocycles. The lowest BCUT2D eigenvalue weighted by atomic mass is 9.90. The zero-order valence-corrected chi connectivity index (χ0v) is 11.2. The average Bonchev–Trinajstić information content (AvgIpc) is 2.09. The highest BCUT2D eigenvalue weighted by Crippen LogP contribution is 2.27. The maximum atomic E-state index is 9.60. The average molecular weight is 310 g/mol. The SMILES string of the molecule is C/C(I)=C/C[C@@H]1O[C@H](C)[C@@H](O)C[C@@H]1C. The topological polar surface area (TPSA) is 29.5 Å². The van der Waals surface area contributed by atoms with Gasteiger partial charge in [-0.1, -0.05) is 13.0 Å². The van der Waals surface area contributed by atoms with E-state index in [1.165, 1.54) is 3.58 Å². The first-order valence-corrected chi connectivity index (χ1v) is 6.24. The zero-order valence-electron chi connectivity index (χ0n) is 9.03. The number of aliphatic hydroxyl groups excluding tert-OH is 1. The van der Waals surface area contributed by atoms with Crippen molar-refractivity contribution in [2.24, 2.45) is 5.92 Å². The molecule has 2 nitrogen and oxygen atoms in total. The normalized spacial score (nSPS) is 39.9. The van der Waals surface area contributed by atoms with Crippen molar-refractivity contribution in [1.82, 2.24) is 0 Å². The third-order valence-corrected chi connectivity index (χ3v) is 3.25. The van der Waals surface area contributed by atoms with E-state index in [0.717, 1.165) is 12.8 Å². The van der Waals surface area contributed by atoms with Crippen LogP contribution in [0.15, 0.2) is 9.66 Å². The molecule has 1 saturated heterocycles. The first kappa shape index (κ1) is 12.5. The Morgan fingerprint density at radius 1 is 1.57 bits per heavy atom. The Balaban J connectivity index is 2.49. The fourth-order valence-electron chi connectivity index (χ4n) is 1.79. The van der Waals surface area contributed by atoms with Gasteiger partial charge in [-0.05, 0) is 58.8 Å². The minimum atomic E-state index is -0.286. The van der Waals surface area contributed by atoms with E-state index in [0.29, 0.717) is 5.92 Å². The van der Waals surface area contributed by atoms with Gasteiger partial charge in [0.05, 0.1) is 18.3 Å². The summed E-state index contributed by atoms with van der Waals surface area (Å²) in [6.45, 7) is 6.19. The van der Waals surface area contributed by atoms with Gasteiger partial charge in [-0.2, -0.15) is 0 Å². The van der Waals surface area contributed by atoms with Crippen LogP contribution in [-0.2, 0) is 4.74 Å². The largest absolute Gasteiger partial charge is 0.390 e. The molecule has 0 radical (unpaired) electrons. The van der Waals surface area contributed by atoms with Crippen LogP contribution >= 0.6 is 22.6 Å². The fraction of sp³-hybridized carbons (Fsp3) is 0.818. The van der Waals surface area contributed by atoms with Gasteiger partial charge in [0, 0.05) is 0 Å². The van der Waals surface area contributed by atoms with E-state index in [-0.39, 0.29) is 18.3 Å². The summed E-state index contributed by atoms with van der Waals surface area (Å²) in [4.78, 5) is 0. The zero-order chi connectivity index (χ0) is 10.7. The third-order valence-electron chi connectivity index (χ3n) is 2.81. The molecule has 1 N–H and O–H groups in total. The van der Waals surface area contributed by atoms with Gasteiger partial charge in [-0.3, -0.25) is 0 Å². The summed E-state index contributed by atoms with van der Waals surface area (Å²) in [5.41, 5.74) is 0. The number of hydrogen-bond acceptors (Lipinski definition) is 2. The van der Waals surface area contributed by atoms with E-state index < -0.39 is 0 Å². The Hall–Kier alpha value is 0.390. The van der Waals surface area contributed by atoms with Gasteiger partial charge in [0.1, 0.15) is 0 Å². The highest BCUT2D eigenvalue weighted by Gasteiger charge is 2.31. The third kappa shape index (κ3) is 3.51. The molecule has 1 fully saturated rings. The van der Waals surface area contributed by atoms with Gasteiger partial charge in [-0.15, -0.1) is 0 Å². The predicted octanol–water partition coefficient (Wildman–Crippen LogP) is 2.89. The second-order valence-electron chi connectivity index (χ2n) is 4.19. The molecule has 1 rings (SSSR count). The van der Waals surface area contributed by atoms with Crippen LogP contribution in [-0.4, -0.2) is 23.4 Å². The van der Waals surface area contributed by atoms with Crippen LogP contribution in [0.4, 0.5) is 0 Å². The summed E-state index contributed by atoms with van der Waals surface area (Å²) in [5.74, 6) is 0.452. The van der Waals surface area contributed by atoms with Gasteiger partial charge in [0.2, 0.25) is 0 Å². The monoisotopic (exact) mass is 310 g/mol. The minimum Gasteiger partial charge on any atom is -0.390 e. The number of allylic oxidation sites excluding steroid dienone is 1. The van der Waals surface area contributed by atoms with Gasteiger partial charge in [0.25, 0.3) is 0 Å². The minimum absolute atomic E-state index is 0.0147. The molecule has 4 atom stereocenters. The lowest BCUT2D eigenvalue weighted by Crippen LogP contribution is -2.41. The maximum Gasteiger partial charge on any atom is 0.0810 e. The molecule has 1 heterocycles. The molecular formula is C11H19IO2. The van der Waals surface area contributed by atoms with E-state index in [1.807, 2.05) is 6.92 Å². The van der Waals surface area contributed by atoms with E-state index in [2.05, 4.69) is 42.5 Å². The van der Waals surface area contributed by atoms with E-state index in [4.69, 9.17) is 4.74 Å². The van der Waals surface area contributed by atoms with Crippen LogP contribution in [0.2, 0.25) is 0 Å². The van der Waals surface area contributed by atoms with E-state index >= 15 is 0 Å². The van der Waals surface area contributed by atoms with Crippen molar-refractivity contribution in [3.63, 3.8) is 0 Å². The number of halogens is 1. The Kier molecular flexibility index (Phi) is 4.87. The smallest absolute Gasteiger partial charge is 0.0810 e. The molecule has 82 valence electrons. The molecule has 0 aromatic carbocycles. The molecule has 3 heteroatoms. The van der Waals surface area contributed by atoms with Crippen molar-refractivity contribution in [3.05, 3.63) is 9.66 Å². The van der Waals surface area contributed by atoms with Gasteiger partial charge in [-0.25, -0.2) is 0 Å². The summed E-state index contributed by atoms with van der Waals surface area (Å²) in [6, 6.07) is 0. The van der Waals surface area contributed by atoms with Crippen LogP contribution < -0.4 is 0 Å². The molecular weight excluding hydrogens is 291 g/mol. The number of aliphatic hydroxyl groups is 1. The molecule has 0 aromatic heterocycles. The van der Waals surface area contributed by atoms with Crippen molar-refractivity contribution in [2.45, 2.75) is 51.9 Å². The molecule has 0 amide bonds. The summed E-state index contributed by atoms with van der Waals surface area (Å²) in [6.07, 6.45) is 4.00. The Morgan fingerprint density at radius 2 is 2.21 bits per heavy atom. The van der Waals surface area contributed by atoms with Gasteiger partial charge in [0.15, 0.2) is 0 Å². The van der Waals surface area contributed by atoms with Crippen LogP contribution in [0.3, 0.4) is 0 Å². The fourth-order valence-corrected chi connectivity index (χ4v) is 2.05. The highest BCUT2D eigenvalue weighted by molar-refractivity contribution is 14.1. The highest BCUT2D eigenvalue weighted by atomic mass is 127. The second-order valence-corrected chi connectivity index (χ2v) is 5.89. The van der Waals surface area contributed by atoms with Gasteiger partial charge < -0.3 is 9.84 Å². The summed E-state index contributed by atoms with van der Waals surface area (Å²) >= 11 is 2.31. The van der Waals surface area contributed by atoms with Crippen molar-refractivity contribution < 1.29 is 9.84 Å². The molecule has 0 bridgehead atoms. The molecule has 0 aliphatic carbocycles. The van der Waals surface area contributed by atoms with Crippen LogP contribution in [0.25, 0.3) is 0 Å². The summed E-state index contributed by atoms with van der Waals surface area (Å²) in [7, 11) is 0. The summed E-state index contributed by atoms with van der Waals surface area (Å²) < 4.78 is 7.07. The standard InChI is InChI=1S/C11H19IO2/c1-7-6-10(13)9(3)14-11(7)5-4-8(2)12/h4,7,9-11,13H,5-6H2,1-3H3/b8-4-/t7-,9+,10-,11-/m0/s1. The molecule has 0 aromatic rings. The maximum absolute atomic E-state index is 9.60. The van der Waals surface area contributed by atoms with Crippen molar-refractivity contribution >= 4 is 22.6 Å². The first-order chi connectivity index (χ1) is 6.50. The second kappa shape index (κ2) is 5.47. The van der Waals surface area contributed by atoms with Gasteiger partial charge >= 0.3 is 0 Å². The van der Waals surface area contributed by atoms with Crippen LogP contribution in [0, 0.1) is 5.92 Å². The molecule has 0 unspecified atom stereocenters. The van der Waals surface area contributed by atoms with Crippen molar-refractivity contribution in [1.29, 1.82) is 0 Å². The molecule has 0 spiro atoms. The predicted molar refractivity (Wildman–Crippen MR) is 66.5 cm³/mol. The number of hydrogen-bond donors (Lipinski definition) is 1. The first-order valence-electron chi connectivity index (χ1n) is 5.16. The number of rotatable bonds is 2. The lowest BCUT2D eigenvalue weighted by molar-refractivity contribution is -0.131.